The summed E-state index contributed by atoms with van der Waals surface area (Å²) in [5, 5.41) is 2.60. The molecule has 14 nitrogen and oxygen atoms in total. The van der Waals surface area contributed by atoms with Crippen LogP contribution in [0.4, 0.5) is 9.59 Å². The van der Waals surface area contributed by atoms with Gasteiger partial charge in [0.2, 0.25) is 16.0 Å². The van der Waals surface area contributed by atoms with Crippen LogP contribution < -0.4 is 15.8 Å². The summed E-state index contributed by atoms with van der Waals surface area (Å²) in [6.45, 7) is 19.3. The molecule has 0 fully saturated rings. The molecule has 0 unspecified atom stereocenters. The summed E-state index contributed by atoms with van der Waals surface area (Å²) in [4.78, 5) is 56.5. The number of guanidine groups is 1. The van der Waals surface area contributed by atoms with Gasteiger partial charge in [0.15, 0.2) is 0 Å². The van der Waals surface area contributed by atoms with Crippen LogP contribution in [-0.4, -0.2) is 79.3 Å². The number of carbonyl (C=O) groups is 4. The lowest BCUT2D eigenvalue weighted by atomic mass is 10.1. The number of hydrogen-bond donors (Lipinski definition) is 3. The van der Waals surface area contributed by atoms with Crippen LogP contribution in [0.5, 0.6) is 0 Å². The number of sulfonamides is 1. The third kappa shape index (κ3) is 14.4. The van der Waals surface area contributed by atoms with E-state index in [1.807, 2.05) is 6.92 Å². The number of ether oxygens (including phenoxy) is 3. The van der Waals surface area contributed by atoms with Crippen LogP contribution in [0.15, 0.2) is 34.2 Å². The summed E-state index contributed by atoms with van der Waals surface area (Å²) in [7, 11) is -4.20. The van der Waals surface area contributed by atoms with Gasteiger partial charge in [0.05, 0.1) is 21.2 Å². The van der Waals surface area contributed by atoms with Gasteiger partial charge in [0.1, 0.15) is 22.8 Å². The fourth-order valence-corrected chi connectivity index (χ4v) is 6.83. The monoisotopic (exact) mass is 747 g/mol. The van der Waals surface area contributed by atoms with Crippen molar-refractivity contribution in [3.8, 4) is 11.8 Å². The smallest absolute Gasteiger partial charge is 0.437 e. The summed E-state index contributed by atoms with van der Waals surface area (Å²) in [5.41, 5.74) is 5.21. The SMILES string of the molecule is Cc1cc(C)c(S(=O)(=O)N[C@@H](CNC(=O)c2ccc(C#CCN(C(=O)OC(C)(C)C)C(N)=NC(=O)OC(C)(C)C)s2)C(=O)OC(C)(C)C)c(C)c1. The van der Waals surface area contributed by atoms with Gasteiger partial charge in [0, 0.05) is 6.54 Å². The molecule has 1 atom stereocenters. The summed E-state index contributed by atoms with van der Waals surface area (Å²) in [6.07, 6.45) is -1.90. The van der Waals surface area contributed by atoms with Gasteiger partial charge in [-0.25, -0.2) is 22.9 Å². The van der Waals surface area contributed by atoms with Crippen LogP contribution in [-0.2, 0) is 29.0 Å². The Bertz CT molecular complexity index is 1810. The van der Waals surface area contributed by atoms with E-state index in [9.17, 15) is 27.6 Å². The Balaban J connectivity index is 2.26. The number of nitrogens with zero attached hydrogens (tertiary/aromatic N) is 2. The van der Waals surface area contributed by atoms with E-state index in [0.29, 0.717) is 16.0 Å². The zero-order valence-electron chi connectivity index (χ0n) is 31.3. The highest BCUT2D eigenvalue weighted by molar-refractivity contribution is 7.89. The molecule has 2 aromatic rings. The number of benzene rings is 1. The summed E-state index contributed by atoms with van der Waals surface area (Å²) < 4.78 is 45.4. The van der Waals surface area contributed by atoms with Crippen molar-refractivity contribution >= 4 is 51.4 Å². The highest BCUT2D eigenvalue weighted by Crippen LogP contribution is 2.23. The van der Waals surface area contributed by atoms with Gasteiger partial charge in [-0.3, -0.25) is 9.59 Å². The third-order valence-electron chi connectivity index (χ3n) is 6.10. The lowest BCUT2D eigenvalue weighted by Crippen LogP contribution is -2.50. The first-order valence-corrected chi connectivity index (χ1v) is 18.2. The minimum absolute atomic E-state index is 0.0394. The number of thiophene rings is 1. The molecule has 0 aliphatic carbocycles. The van der Waals surface area contributed by atoms with Crippen molar-refractivity contribution in [2.45, 2.75) is 111 Å². The van der Waals surface area contributed by atoms with Crippen molar-refractivity contribution in [3.05, 3.63) is 50.7 Å². The van der Waals surface area contributed by atoms with Crippen molar-refractivity contribution in [2.24, 2.45) is 10.7 Å². The molecule has 3 amide bonds. The number of amides is 3. The summed E-state index contributed by atoms with van der Waals surface area (Å²) >= 11 is 1.01. The Morgan fingerprint density at radius 1 is 0.902 bits per heavy atom. The first kappa shape index (κ1) is 42.7. The van der Waals surface area contributed by atoms with Gasteiger partial charge in [-0.15, -0.1) is 16.3 Å². The van der Waals surface area contributed by atoms with Crippen molar-refractivity contribution in [1.29, 1.82) is 0 Å². The Kier molecular flexibility index (Phi) is 14.0. The van der Waals surface area contributed by atoms with Crippen LogP contribution in [0.1, 0.15) is 93.6 Å². The van der Waals surface area contributed by atoms with Crippen LogP contribution >= 0.6 is 11.3 Å². The normalized spacial score (nSPS) is 13.0. The second kappa shape index (κ2) is 16.7. The van der Waals surface area contributed by atoms with Crippen molar-refractivity contribution in [3.63, 3.8) is 0 Å². The molecule has 51 heavy (non-hydrogen) atoms. The van der Waals surface area contributed by atoms with Gasteiger partial charge in [0.25, 0.3) is 5.91 Å². The number of aryl methyl sites for hydroxylation is 3. The first-order valence-electron chi connectivity index (χ1n) is 15.9. The Morgan fingerprint density at radius 3 is 1.98 bits per heavy atom. The minimum Gasteiger partial charge on any atom is -0.459 e. The molecule has 0 aliphatic heterocycles. The van der Waals surface area contributed by atoms with E-state index in [2.05, 4.69) is 26.9 Å². The number of aliphatic imine (C=N–C) groups is 1. The standard InChI is InChI=1S/C35H49N5O9S2/c1-21-18-22(2)27(23(3)19-21)51(45,46)39-25(29(42)47-33(4,5)6)20-37-28(41)26-16-15-24(50-26)14-13-17-40(32(44)49-35(10,11)12)30(36)38-31(43)48-34(7,8)9/h15-16,18-19,25,39H,17,20H2,1-12H3,(H,37,41)(H2,36,38,43)/t25-/m0/s1. The topological polar surface area (TPSA) is 196 Å². The summed E-state index contributed by atoms with van der Waals surface area (Å²) in [6, 6.07) is 5.08. The quantitative estimate of drug-likeness (QED) is 0.110. The number of hydrogen-bond acceptors (Lipinski definition) is 10. The lowest BCUT2D eigenvalue weighted by Gasteiger charge is -2.25. The number of nitrogens with two attached hydrogens (primary N) is 1. The molecule has 0 bridgehead atoms. The molecule has 0 radical (unpaired) electrons. The second-order valence-electron chi connectivity index (χ2n) is 14.6. The van der Waals surface area contributed by atoms with E-state index in [-0.39, 0.29) is 16.3 Å². The number of rotatable bonds is 8. The molecular weight excluding hydrogens is 699 g/mol. The maximum Gasteiger partial charge on any atom is 0.437 e. The molecule has 280 valence electrons. The van der Waals surface area contributed by atoms with Crippen molar-refractivity contribution < 1.29 is 41.8 Å². The highest BCUT2D eigenvalue weighted by atomic mass is 32.2. The van der Waals surface area contributed by atoms with E-state index in [0.717, 1.165) is 21.8 Å². The molecule has 16 heteroatoms. The van der Waals surface area contributed by atoms with Crippen LogP contribution in [0.2, 0.25) is 0 Å². The predicted molar refractivity (Wildman–Crippen MR) is 195 cm³/mol. The zero-order chi connectivity index (χ0) is 39.1. The number of carbonyl (C=O) groups excluding carboxylic acids is 4. The van der Waals surface area contributed by atoms with E-state index in [1.165, 1.54) is 6.07 Å². The molecule has 0 spiro atoms. The van der Waals surface area contributed by atoms with Crippen molar-refractivity contribution in [1.82, 2.24) is 14.9 Å². The average Bonchev–Trinajstić information content (AvgIpc) is 3.38. The van der Waals surface area contributed by atoms with Gasteiger partial charge in [-0.05, 0) is 106 Å². The van der Waals surface area contributed by atoms with Crippen LogP contribution in [0, 0.1) is 32.6 Å². The maximum atomic E-state index is 13.5. The van der Waals surface area contributed by atoms with Crippen molar-refractivity contribution in [2.75, 3.05) is 13.1 Å². The summed E-state index contributed by atoms with van der Waals surface area (Å²) in [5.74, 6) is 3.66. The molecule has 4 N–H and O–H groups in total. The van der Waals surface area contributed by atoms with Crippen LogP contribution in [0.3, 0.4) is 0 Å². The first-order chi connectivity index (χ1) is 23.2. The zero-order valence-corrected chi connectivity index (χ0v) is 32.9. The van der Waals surface area contributed by atoms with Gasteiger partial charge in [-0.1, -0.05) is 29.5 Å². The lowest BCUT2D eigenvalue weighted by molar-refractivity contribution is -0.156. The van der Waals surface area contributed by atoms with E-state index in [1.54, 1.807) is 94.4 Å². The van der Waals surface area contributed by atoms with E-state index >= 15 is 0 Å². The highest BCUT2D eigenvalue weighted by Gasteiger charge is 2.32. The number of nitrogens with one attached hydrogen (secondary N) is 2. The van der Waals surface area contributed by atoms with Gasteiger partial charge >= 0.3 is 18.2 Å². The predicted octanol–water partition coefficient (Wildman–Crippen LogP) is 4.93. The molecular formula is C35H49N5O9S2. The van der Waals surface area contributed by atoms with Gasteiger partial charge in [-0.2, -0.15) is 4.72 Å². The molecule has 0 aliphatic rings. The molecule has 1 aromatic carbocycles. The van der Waals surface area contributed by atoms with E-state index in [4.69, 9.17) is 19.9 Å². The molecule has 0 saturated heterocycles. The Hall–Kier alpha value is -4.46. The molecule has 2 rings (SSSR count). The van der Waals surface area contributed by atoms with Crippen LogP contribution in [0.25, 0.3) is 0 Å². The third-order valence-corrected chi connectivity index (χ3v) is 8.87. The van der Waals surface area contributed by atoms with E-state index < -0.39 is 69.4 Å². The minimum atomic E-state index is -4.20. The molecule has 1 heterocycles. The molecule has 0 saturated carbocycles. The Morgan fingerprint density at radius 2 is 1.45 bits per heavy atom. The fraction of sp³-hybridized carbons (Fsp3) is 0.514. The second-order valence-corrected chi connectivity index (χ2v) is 17.4. The average molecular weight is 748 g/mol. The van der Waals surface area contributed by atoms with Gasteiger partial charge < -0.3 is 25.3 Å². The largest absolute Gasteiger partial charge is 0.459 e. The fourth-order valence-electron chi connectivity index (χ4n) is 4.39. The number of esters is 1. The molecule has 1 aromatic heterocycles. The maximum absolute atomic E-state index is 13.5. The Labute approximate surface area is 304 Å².